The number of carbonyl (C=O) groups excluding carboxylic acids is 1. The number of hydrogen-bond acceptors (Lipinski definition) is 5. The highest BCUT2D eigenvalue weighted by Crippen LogP contribution is 2.16. The first kappa shape index (κ1) is 18.5. The Morgan fingerprint density at radius 1 is 1.17 bits per heavy atom. The van der Waals surface area contributed by atoms with E-state index in [1.54, 1.807) is 6.21 Å². The summed E-state index contributed by atoms with van der Waals surface area (Å²) in [7, 11) is 0. The van der Waals surface area contributed by atoms with Crippen molar-refractivity contribution < 1.29 is 4.79 Å². The molecule has 1 fully saturated rings. The second-order valence-electron chi connectivity index (χ2n) is 5.77. The maximum atomic E-state index is 11.1. The van der Waals surface area contributed by atoms with Gasteiger partial charge in [-0.1, -0.05) is 50.6 Å². The predicted molar refractivity (Wildman–Crippen MR) is 104 cm³/mol. The first-order valence-corrected chi connectivity index (χ1v) is 9.60. The van der Waals surface area contributed by atoms with Crippen molar-refractivity contribution in [3.63, 3.8) is 0 Å². The van der Waals surface area contributed by atoms with E-state index in [9.17, 15) is 4.79 Å². The molecule has 5 nitrogen and oxygen atoms in total. The van der Waals surface area contributed by atoms with E-state index < -0.39 is 0 Å². The number of nitrogens with one attached hydrogen (secondary N) is 1. The quantitative estimate of drug-likeness (QED) is 0.548. The second-order valence-corrected chi connectivity index (χ2v) is 6.74. The summed E-state index contributed by atoms with van der Waals surface area (Å²) in [6, 6.07) is 8.41. The molecule has 130 valence electrons. The summed E-state index contributed by atoms with van der Waals surface area (Å²) in [4.78, 5) is 13.5. The molecule has 0 aromatic heterocycles. The molecule has 1 aliphatic heterocycles. The second kappa shape index (κ2) is 10.1. The normalized spacial score (nSPS) is 16.1. The zero-order valence-electron chi connectivity index (χ0n) is 14.5. The van der Waals surface area contributed by atoms with E-state index in [2.05, 4.69) is 58.5 Å². The first-order valence-electron chi connectivity index (χ1n) is 8.61. The van der Waals surface area contributed by atoms with Crippen molar-refractivity contribution in [1.82, 2.24) is 5.32 Å². The molecule has 1 saturated heterocycles. The lowest BCUT2D eigenvalue weighted by Gasteiger charge is -2.24. The fraction of sp³-hybridized carbons (Fsp3) is 0.500. The van der Waals surface area contributed by atoms with Crippen molar-refractivity contribution in [2.75, 3.05) is 23.7 Å². The Balaban J connectivity index is 1.96. The molecule has 0 atom stereocenters. The van der Waals surface area contributed by atoms with Crippen LogP contribution in [0.4, 0.5) is 5.69 Å². The van der Waals surface area contributed by atoms with Crippen LogP contribution in [0.2, 0.25) is 0 Å². The summed E-state index contributed by atoms with van der Waals surface area (Å²) in [6.45, 7) is 6.66. The molecule has 1 aromatic rings. The maximum absolute atomic E-state index is 11.1. The Morgan fingerprint density at radius 3 is 2.38 bits per heavy atom. The summed E-state index contributed by atoms with van der Waals surface area (Å²) < 4.78 is 0. The van der Waals surface area contributed by atoms with Crippen LogP contribution < -0.4 is 10.2 Å². The number of carbonyl (C=O) groups is 1. The number of hydrogen-bond donors (Lipinski definition) is 1. The molecule has 0 radical (unpaired) electrons. The molecule has 1 N–H and O–H groups in total. The van der Waals surface area contributed by atoms with Crippen molar-refractivity contribution in [2.45, 2.75) is 39.5 Å². The topological polar surface area (TPSA) is 57.1 Å². The van der Waals surface area contributed by atoms with Gasteiger partial charge in [-0.15, -0.1) is 5.10 Å². The molecule has 0 spiro atoms. The lowest BCUT2D eigenvalue weighted by atomic mass is 10.2. The van der Waals surface area contributed by atoms with Crippen LogP contribution in [0.25, 0.3) is 0 Å². The van der Waals surface area contributed by atoms with Gasteiger partial charge in [-0.05, 0) is 30.5 Å². The average Bonchev–Trinajstić information content (AvgIpc) is 3.01. The minimum absolute atomic E-state index is 0.0162. The largest absolute Gasteiger partial charge is 0.372 e. The lowest BCUT2D eigenvalue weighted by molar-refractivity contribution is -0.116. The summed E-state index contributed by atoms with van der Waals surface area (Å²) in [5.41, 5.74) is 2.27. The van der Waals surface area contributed by atoms with Crippen molar-refractivity contribution >= 4 is 34.7 Å². The third kappa shape index (κ3) is 6.00. The zero-order chi connectivity index (χ0) is 17.2. The van der Waals surface area contributed by atoms with Gasteiger partial charge in [-0.3, -0.25) is 4.79 Å². The van der Waals surface area contributed by atoms with E-state index >= 15 is 0 Å². The fourth-order valence-corrected chi connectivity index (χ4v) is 3.00. The Hall–Kier alpha value is -1.82. The van der Waals surface area contributed by atoms with E-state index in [1.165, 1.54) is 43.1 Å². The highest BCUT2D eigenvalue weighted by molar-refractivity contribution is 8.15. The molecule has 0 saturated carbocycles. The van der Waals surface area contributed by atoms with Gasteiger partial charge in [0.15, 0.2) is 5.17 Å². The van der Waals surface area contributed by atoms with E-state index in [1.807, 2.05) is 0 Å². The van der Waals surface area contributed by atoms with Gasteiger partial charge in [0, 0.05) is 18.8 Å². The molecule has 2 rings (SSSR count). The average molecular weight is 347 g/mol. The van der Waals surface area contributed by atoms with E-state index in [-0.39, 0.29) is 5.91 Å². The van der Waals surface area contributed by atoms with Crippen LogP contribution in [-0.4, -0.2) is 36.1 Å². The summed E-state index contributed by atoms with van der Waals surface area (Å²) in [5.74, 6) is 0.409. The van der Waals surface area contributed by atoms with Gasteiger partial charge >= 0.3 is 0 Å². The van der Waals surface area contributed by atoms with Crippen LogP contribution >= 0.6 is 11.8 Å². The van der Waals surface area contributed by atoms with Crippen LogP contribution in [-0.2, 0) is 4.79 Å². The van der Waals surface area contributed by atoms with Crippen LogP contribution in [0.5, 0.6) is 0 Å². The van der Waals surface area contributed by atoms with Gasteiger partial charge in [-0.2, -0.15) is 5.10 Å². The van der Waals surface area contributed by atoms with Crippen LogP contribution in [0, 0.1) is 0 Å². The van der Waals surface area contributed by atoms with E-state index in [0.717, 1.165) is 18.7 Å². The minimum atomic E-state index is -0.0162. The zero-order valence-corrected chi connectivity index (χ0v) is 15.3. The van der Waals surface area contributed by atoms with Gasteiger partial charge in [0.2, 0.25) is 5.91 Å². The highest BCUT2D eigenvalue weighted by Gasteiger charge is 2.15. The standard InChI is InChI=1S/C18H26N4OS/c1-3-5-11-22(12-6-4-2)16-9-7-15(8-10-16)13-19-21-18-20-17(23)14-24-18/h7-10,13H,3-6,11-12,14H2,1-2H3,(H,20,21,23). The molecule has 6 heteroatoms. The predicted octanol–water partition coefficient (Wildman–Crippen LogP) is 3.65. The van der Waals surface area contributed by atoms with Crippen LogP contribution in [0.3, 0.4) is 0 Å². The lowest BCUT2D eigenvalue weighted by Crippen LogP contribution is -2.25. The van der Waals surface area contributed by atoms with Gasteiger partial charge in [-0.25, -0.2) is 0 Å². The molecule has 1 aliphatic rings. The number of amides is 1. The highest BCUT2D eigenvalue weighted by atomic mass is 32.2. The third-order valence-corrected chi connectivity index (χ3v) is 4.63. The fourth-order valence-electron chi connectivity index (χ4n) is 2.37. The van der Waals surface area contributed by atoms with Crippen molar-refractivity contribution in [3.8, 4) is 0 Å². The number of benzene rings is 1. The van der Waals surface area contributed by atoms with Crippen LogP contribution in [0.15, 0.2) is 34.5 Å². The number of anilines is 1. The summed E-state index contributed by atoms with van der Waals surface area (Å²) in [6.07, 6.45) is 6.57. The molecule has 0 unspecified atom stereocenters. The van der Waals surface area contributed by atoms with Crippen molar-refractivity contribution in [3.05, 3.63) is 29.8 Å². The summed E-state index contributed by atoms with van der Waals surface area (Å²) in [5, 5.41) is 11.3. The van der Waals surface area contributed by atoms with Crippen molar-refractivity contribution in [2.24, 2.45) is 10.2 Å². The Kier molecular flexibility index (Phi) is 7.82. The monoisotopic (exact) mass is 346 g/mol. The van der Waals surface area contributed by atoms with E-state index in [0.29, 0.717) is 10.9 Å². The molecule has 24 heavy (non-hydrogen) atoms. The minimum Gasteiger partial charge on any atom is -0.372 e. The molecular formula is C18H26N4OS. The number of nitrogens with zero attached hydrogens (tertiary/aromatic N) is 3. The number of thioether (sulfide) groups is 1. The Bertz CT molecular complexity index is 575. The smallest absolute Gasteiger partial charge is 0.236 e. The Morgan fingerprint density at radius 2 is 1.83 bits per heavy atom. The molecule has 0 aliphatic carbocycles. The molecule has 1 heterocycles. The molecule has 1 amide bonds. The maximum Gasteiger partial charge on any atom is 0.236 e. The molecule has 1 aromatic carbocycles. The van der Waals surface area contributed by atoms with Gasteiger partial charge < -0.3 is 10.2 Å². The molecular weight excluding hydrogens is 320 g/mol. The van der Waals surface area contributed by atoms with Crippen molar-refractivity contribution in [1.29, 1.82) is 0 Å². The first-order chi connectivity index (χ1) is 11.7. The van der Waals surface area contributed by atoms with Gasteiger partial charge in [0.05, 0.1) is 12.0 Å². The number of unbranched alkanes of at least 4 members (excludes halogenated alkanes) is 2. The molecule has 0 bridgehead atoms. The Labute approximate surface area is 148 Å². The third-order valence-electron chi connectivity index (χ3n) is 3.76. The van der Waals surface area contributed by atoms with Gasteiger partial charge in [0.25, 0.3) is 0 Å². The summed E-state index contributed by atoms with van der Waals surface area (Å²) >= 11 is 1.38. The number of amidine groups is 1. The van der Waals surface area contributed by atoms with E-state index in [4.69, 9.17) is 0 Å². The van der Waals surface area contributed by atoms with Crippen LogP contribution in [0.1, 0.15) is 45.1 Å². The van der Waals surface area contributed by atoms with Gasteiger partial charge in [0.1, 0.15) is 0 Å². The SMILES string of the molecule is CCCCN(CCCC)c1ccc(C=NN=C2NC(=O)CS2)cc1. The number of rotatable bonds is 9.